The Balaban J connectivity index is 1.70. The van der Waals surface area contributed by atoms with Crippen LogP contribution in [0.25, 0.3) is 0 Å². The molecular formula is C20H31N3OS. The summed E-state index contributed by atoms with van der Waals surface area (Å²) in [6, 6.07) is 10.9. The molecule has 0 aromatic heterocycles. The molecule has 1 N–H and O–H groups in total. The van der Waals surface area contributed by atoms with Gasteiger partial charge in [0.15, 0.2) is 5.96 Å². The molecule has 1 atom stereocenters. The highest BCUT2D eigenvalue weighted by Gasteiger charge is 2.35. The molecule has 2 saturated heterocycles. The molecule has 138 valence electrons. The van der Waals surface area contributed by atoms with Gasteiger partial charge in [0, 0.05) is 56.3 Å². The highest BCUT2D eigenvalue weighted by Crippen LogP contribution is 2.34. The third kappa shape index (κ3) is 4.50. The van der Waals surface area contributed by atoms with Crippen molar-refractivity contribution in [1.82, 2.24) is 10.2 Å². The molecular weight excluding hydrogens is 330 g/mol. The minimum Gasteiger partial charge on any atom is -0.381 e. The van der Waals surface area contributed by atoms with E-state index < -0.39 is 0 Å². The van der Waals surface area contributed by atoms with E-state index in [1.165, 1.54) is 17.7 Å². The molecule has 2 fully saturated rings. The smallest absolute Gasteiger partial charge is 0.193 e. The van der Waals surface area contributed by atoms with Gasteiger partial charge >= 0.3 is 0 Å². The molecule has 1 unspecified atom stereocenters. The van der Waals surface area contributed by atoms with Crippen molar-refractivity contribution in [3.63, 3.8) is 0 Å². The lowest BCUT2D eigenvalue weighted by atomic mass is 9.74. The van der Waals surface area contributed by atoms with E-state index >= 15 is 0 Å². The second-order valence-electron chi connectivity index (χ2n) is 7.01. The molecule has 1 aromatic carbocycles. The van der Waals surface area contributed by atoms with E-state index in [2.05, 4.69) is 64.2 Å². The molecule has 0 spiro atoms. The van der Waals surface area contributed by atoms with Crippen molar-refractivity contribution >= 4 is 17.7 Å². The number of benzene rings is 1. The van der Waals surface area contributed by atoms with Crippen molar-refractivity contribution in [1.29, 1.82) is 0 Å². The third-order valence-electron chi connectivity index (χ3n) is 5.53. The highest BCUT2D eigenvalue weighted by atomic mass is 32.2. The van der Waals surface area contributed by atoms with Crippen molar-refractivity contribution in [2.75, 3.05) is 45.6 Å². The van der Waals surface area contributed by atoms with Gasteiger partial charge in [0.25, 0.3) is 0 Å². The van der Waals surface area contributed by atoms with Gasteiger partial charge in [-0.05, 0) is 24.8 Å². The number of rotatable bonds is 4. The topological polar surface area (TPSA) is 36.9 Å². The monoisotopic (exact) mass is 361 g/mol. The zero-order valence-electron chi connectivity index (χ0n) is 15.5. The van der Waals surface area contributed by atoms with E-state index in [9.17, 15) is 0 Å². The summed E-state index contributed by atoms with van der Waals surface area (Å²) < 4.78 is 5.65. The molecule has 2 aliphatic rings. The second kappa shape index (κ2) is 8.95. The molecule has 4 nitrogen and oxygen atoms in total. The van der Waals surface area contributed by atoms with Crippen LogP contribution in [0.3, 0.4) is 0 Å². The first-order valence-electron chi connectivity index (χ1n) is 9.48. The Labute approximate surface area is 156 Å². The fraction of sp³-hybridized carbons (Fsp3) is 0.650. The molecule has 0 radical (unpaired) electrons. The summed E-state index contributed by atoms with van der Waals surface area (Å²) in [4.78, 5) is 7.01. The van der Waals surface area contributed by atoms with Gasteiger partial charge in [0.2, 0.25) is 0 Å². The first-order chi connectivity index (χ1) is 12.3. The highest BCUT2D eigenvalue weighted by molar-refractivity contribution is 8.00. The van der Waals surface area contributed by atoms with Crippen LogP contribution in [0.5, 0.6) is 0 Å². The Kier molecular flexibility index (Phi) is 6.65. The minimum atomic E-state index is 0.143. The summed E-state index contributed by atoms with van der Waals surface area (Å²) >= 11 is 2.10. The average molecular weight is 362 g/mol. The van der Waals surface area contributed by atoms with Gasteiger partial charge in [0.1, 0.15) is 0 Å². The van der Waals surface area contributed by atoms with Gasteiger partial charge in [-0.2, -0.15) is 11.8 Å². The molecule has 2 heterocycles. The average Bonchev–Trinajstić information content (AvgIpc) is 2.70. The summed E-state index contributed by atoms with van der Waals surface area (Å²) in [5.41, 5.74) is 1.56. The largest absolute Gasteiger partial charge is 0.381 e. The normalized spacial score (nSPS) is 24.2. The number of guanidine groups is 1. The predicted octanol–water partition coefficient (Wildman–Crippen LogP) is 3.14. The maximum absolute atomic E-state index is 5.65. The molecule has 2 aliphatic heterocycles. The van der Waals surface area contributed by atoms with Crippen LogP contribution in [0.4, 0.5) is 0 Å². The predicted molar refractivity (Wildman–Crippen MR) is 108 cm³/mol. The summed E-state index contributed by atoms with van der Waals surface area (Å²) in [6.45, 7) is 7.07. The number of thioether (sulfide) groups is 1. The van der Waals surface area contributed by atoms with E-state index in [-0.39, 0.29) is 5.41 Å². The van der Waals surface area contributed by atoms with Crippen LogP contribution >= 0.6 is 11.8 Å². The van der Waals surface area contributed by atoms with Crippen molar-refractivity contribution in [2.24, 2.45) is 4.99 Å². The fourth-order valence-corrected chi connectivity index (χ4v) is 5.04. The molecule has 0 aliphatic carbocycles. The lowest BCUT2D eigenvalue weighted by Crippen LogP contribution is -2.52. The second-order valence-corrected chi connectivity index (χ2v) is 8.41. The molecule has 0 amide bonds. The van der Waals surface area contributed by atoms with E-state index in [0.29, 0.717) is 0 Å². The Hall–Kier alpha value is -1.20. The standard InChI is InChI=1S/C20H31N3OS/c1-3-18-15-23(11-14-25-18)19(21-2)22-16-20(9-12-24-13-10-20)17-7-5-4-6-8-17/h4-8,18H,3,9-16H2,1-2H3,(H,21,22). The zero-order valence-corrected chi connectivity index (χ0v) is 16.4. The number of aliphatic imine (C=N–C) groups is 1. The van der Waals surface area contributed by atoms with E-state index in [4.69, 9.17) is 4.74 Å². The molecule has 25 heavy (non-hydrogen) atoms. The molecule has 0 saturated carbocycles. The molecule has 0 bridgehead atoms. The lowest BCUT2D eigenvalue weighted by Gasteiger charge is -2.40. The van der Waals surface area contributed by atoms with Crippen LogP contribution in [0, 0.1) is 0 Å². The number of nitrogens with one attached hydrogen (secondary N) is 1. The number of nitrogens with zero attached hydrogens (tertiary/aromatic N) is 2. The van der Waals surface area contributed by atoms with Gasteiger partial charge < -0.3 is 15.0 Å². The maximum atomic E-state index is 5.65. The maximum Gasteiger partial charge on any atom is 0.193 e. The zero-order chi connectivity index (χ0) is 17.5. The van der Waals surface area contributed by atoms with Crippen LogP contribution in [-0.4, -0.2) is 61.8 Å². The number of hydrogen-bond donors (Lipinski definition) is 1. The van der Waals surface area contributed by atoms with Crippen molar-refractivity contribution in [3.8, 4) is 0 Å². The fourth-order valence-electron chi connectivity index (χ4n) is 3.86. The molecule has 3 rings (SSSR count). The summed E-state index contributed by atoms with van der Waals surface area (Å²) in [5.74, 6) is 2.25. The Bertz CT molecular complexity index is 557. The third-order valence-corrected chi connectivity index (χ3v) is 6.90. The van der Waals surface area contributed by atoms with Gasteiger partial charge in [-0.15, -0.1) is 0 Å². The van der Waals surface area contributed by atoms with Crippen molar-refractivity contribution in [3.05, 3.63) is 35.9 Å². The Morgan fingerprint density at radius 3 is 2.76 bits per heavy atom. The number of hydrogen-bond acceptors (Lipinski definition) is 3. The summed E-state index contributed by atoms with van der Waals surface area (Å²) in [6.07, 6.45) is 3.35. The SMILES string of the molecule is CCC1CN(C(=NC)NCC2(c3ccccc3)CCOCC2)CCS1. The first-order valence-corrected chi connectivity index (χ1v) is 10.5. The quantitative estimate of drug-likeness (QED) is 0.660. The van der Waals surface area contributed by atoms with Gasteiger partial charge in [-0.1, -0.05) is 37.3 Å². The first kappa shape index (κ1) is 18.6. The van der Waals surface area contributed by atoms with E-state index in [0.717, 1.165) is 56.9 Å². The Morgan fingerprint density at radius 1 is 1.32 bits per heavy atom. The van der Waals surface area contributed by atoms with Crippen LogP contribution in [-0.2, 0) is 10.2 Å². The summed E-state index contributed by atoms with van der Waals surface area (Å²) in [7, 11) is 1.91. The molecule has 1 aromatic rings. The van der Waals surface area contributed by atoms with Gasteiger partial charge in [0.05, 0.1) is 0 Å². The lowest BCUT2D eigenvalue weighted by molar-refractivity contribution is 0.0511. The number of ether oxygens (including phenoxy) is 1. The summed E-state index contributed by atoms with van der Waals surface area (Å²) in [5, 5.41) is 4.42. The van der Waals surface area contributed by atoms with Gasteiger partial charge in [-0.25, -0.2) is 0 Å². The van der Waals surface area contributed by atoms with Crippen LogP contribution < -0.4 is 5.32 Å². The van der Waals surface area contributed by atoms with Crippen LogP contribution in [0.1, 0.15) is 31.7 Å². The van der Waals surface area contributed by atoms with Gasteiger partial charge in [-0.3, -0.25) is 4.99 Å². The van der Waals surface area contributed by atoms with E-state index in [1.54, 1.807) is 0 Å². The minimum absolute atomic E-state index is 0.143. The van der Waals surface area contributed by atoms with Crippen molar-refractivity contribution in [2.45, 2.75) is 36.9 Å². The van der Waals surface area contributed by atoms with Crippen molar-refractivity contribution < 1.29 is 4.74 Å². The molecule has 5 heteroatoms. The Morgan fingerprint density at radius 2 is 2.08 bits per heavy atom. The van der Waals surface area contributed by atoms with Crippen LogP contribution in [0.15, 0.2) is 35.3 Å². The van der Waals surface area contributed by atoms with E-state index in [1.807, 2.05) is 7.05 Å². The van der Waals surface area contributed by atoms with Crippen LogP contribution in [0.2, 0.25) is 0 Å².